The molecule has 5 nitrogen and oxygen atoms in total. The Morgan fingerprint density at radius 1 is 1.07 bits per heavy atom. The number of carbonyl (C=O) groups is 3. The van der Waals surface area contributed by atoms with Crippen LogP contribution in [0.5, 0.6) is 0 Å². The maximum absolute atomic E-state index is 12.9. The lowest BCUT2D eigenvalue weighted by atomic mass is 9.78. The van der Waals surface area contributed by atoms with Crippen LogP contribution in [0.25, 0.3) is 0 Å². The van der Waals surface area contributed by atoms with Crippen LogP contribution in [0.3, 0.4) is 0 Å². The molecule has 0 spiro atoms. The van der Waals surface area contributed by atoms with E-state index in [1.54, 1.807) is 24.3 Å². The molecule has 1 N–H and O–H groups in total. The number of amides is 3. The smallest absolute Gasteiger partial charge is 0.251 e. The Kier molecular flexibility index (Phi) is 5.30. The Balaban J connectivity index is 1.46. The highest BCUT2D eigenvalue weighted by molar-refractivity contribution is 6.22. The molecule has 0 unspecified atom stereocenters. The van der Waals surface area contributed by atoms with Gasteiger partial charge in [0, 0.05) is 12.1 Å². The van der Waals surface area contributed by atoms with Crippen LogP contribution >= 0.6 is 0 Å². The summed E-state index contributed by atoms with van der Waals surface area (Å²) in [4.78, 5) is 39.6. The predicted octanol–water partition coefficient (Wildman–Crippen LogP) is 3.36. The van der Waals surface area contributed by atoms with Crippen LogP contribution in [0, 0.1) is 17.8 Å². The third-order valence-electron chi connectivity index (χ3n) is 5.78. The monoisotopic (exact) mass is 388 g/mol. The minimum absolute atomic E-state index is 0.0414. The normalized spacial score (nSPS) is 23.2. The van der Waals surface area contributed by atoms with E-state index in [0.717, 1.165) is 12.0 Å². The van der Waals surface area contributed by atoms with Crippen LogP contribution < -0.4 is 10.2 Å². The molecule has 1 aliphatic carbocycles. The van der Waals surface area contributed by atoms with Crippen molar-refractivity contribution in [2.75, 3.05) is 11.4 Å². The van der Waals surface area contributed by atoms with Gasteiger partial charge in [0.15, 0.2) is 0 Å². The van der Waals surface area contributed by atoms with E-state index < -0.39 is 0 Å². The number of imide groups is 1. The van der Waals surface area contributed by atoms with Crippen LogP contribution in [0.4, 0.5) is 5.69 Å². The van der Waals surface area contributed by atoms with Crippen molar-refractivity contribution < 1.29 is 14.4 Å². The lowest BCUT2D eigenvalue weighted by Crippen LogP contribution is -2.32. The van der Waals surface area contributed by atoms with Crippen molar-refractivity contribution in [1.29, 1.82) is 0 Å². The third-order valence-corrected chi connectivity index (χ3v) is 5.78. The summed E-state index contributed by atoms with van der Waals surface area (Å²) in [6, 6.07) is 16.7. The number of nitrogens with zero attached hydrogens (tertiary/aromatic N) is 1. The molecule has 0 aromatic heterocycles. The quantitative estimate of drug-likeness (QED) is 0.631. The lowest BCUT2D eigenvalue weighted by molar-refractivity contribution is -0.122. The Morgan fingerprint density at radius 3 is 2.62 bits per heavy atom. The number of hydrogen-bond acceptors (Lipinski definition) is 3. The molecular formula is C24H24N2O3. The zero-order chi connectivity index (χ0) is 20.4. The van der Waals surface area contributed by atoms with Crippen LogP contribution in [-0.4, -0.2) is 24.3 Å². The fourth-order valence-electron chi connectivity index (χ4n) is 4.26. The van der Waals surface area contributed by atoms with Crippen molar-refractivity contribution in [1.82, 2.24) is 5.32 Å². The number of carbonyl (C=O) groups excluding carboxylic acids is 3. The number of benzene rings is 2. The molecule has 0 bridgehead atoms. The van der Waals surface area contributed by atoms with Gasteiger partial charge in [-0.25, -0.2) is 0 Å². The van der Waals surface area contributed by atoms with Crippen molar-refractivity contribution in [3.63, 3.8) is 0 Å². The first-order valence-electron chi connectivity index (χ1n) is 10.0. The van der Waals surface area contributed by atoms with Gasteiger partial charge in [-0.05, 0) is 42.5 Å². The Labute approximate surface area is 170 Å². The second-order valence-corrected chi connectivity index (χ2v) is 7.71. The average molecular weight is 388 g/mol. The van der Waals surface area contributed by atoms with E-state index in [2.05, 4.69) is 5.32 Å². The van der Waals surface area contributed by atoms with Crippen molar-refractivity contribution in [2.45, 2.75) is 19.8 Å². The Hall–Kier alpha value is -3.21. The van der Waals surface area contributed by atoms with Crippen LogP contribution in [0.2, 0.25) is 0 Å². The highest BCUT2D eigenvalue weighted by Gasteiger charge is 2.50. The van der Waals surface area contributed by atoms with Gasteiger partial charge >= 0.3 is 0 Å². The van der Waals surface area contributed by atoms with Gasteiger partial charge in [0.25, 0.3) is 5.91 Å². The fourth-order valence-corrected chi connectivity index (χ4v) is 4.26. The van der Waals surface area contributed by atoms with E-state index in [1.807, 2.05) is 49.4 Å². The lowest BCUT2D eigenvalue weighted by Gasteiger charge is -2.22. The highest BCUT2D eigenvalue weighted by atomic mass is 16.2. The van der Waals surface area contributed by atoms with Gasteiger partial charge in [0.2, 0.25) is 11.8 Å². The van der Waals surface area contributed by atoms with E-state index in [1.165, 1.54) is 4.90 Å². The molecule has 0 saturated carbocycles. The average Bonchev–Trinajstić information content (AvgIpc) is 3.00. The minimum atomic E-state index is -0.309. The van der Waals surface area contributed by atoms with Crippen LogP contribution in [-0.2, 0) is 16.0 Å². The molecule has 3 atom stereocenters. The first-order chi connectivity index (χ1) is 14.1. The van der Waals surface area contributed by atoms with Gasteiger partial charge in [-0.3, -0.25) is 19.3 Å². The number of anilines is 1. The molecule has 29 heavy (non-hydrogen) atoms. The number of allylic oxidation sites excluding steroid dienone is 2. The molecule has 148 valence electrons. The Morgan fingerprint density at radius 2 is 1.86 bits per heavy atom. The number of fused-ring (bicyclic) bond motifs is 1. The van der Waals surface area contributed by atoms with E-state index in [0.29, 0.717) is 24.2 Å². The largest absolute Gasteiger partial charge is 0.352 e. The molecule has 0 radical (unpaired) electrons. The van der Waals surface area contributed by atoms with Crippen molar-refractivity contribution >= 4 is 23.4 Å². The molecule has 4 rings (SSSR count). The molecule has 1 aliphatic heterocycles. The SMILES string of the molecule is C[C@@H]1C=CC[C@H]2C(=O)N(c3cccc(C(=O)NCCc4ccccc4)c3)C(=O)[C@@H]12. The summed E-state index contributed by atoms with van der Waals surface area (Å²) in [5.41, 5.74) is 2.06. The fraction of sp³-hybridized carbons (Fsp3) is 0.292. The van der Waals surface area contributed by atoms with E-state index >= 15 is 0 Å². The van der Waals surface area contributed by atoms with Crippen molar-refractivity contribution in [2.24, 2.45) is 17.8 Å². The predicted molar refractivity (Wildman–Crippen MR) is 111 cm³/mol. The molecule has 5 heteroatoms. The van der Waals surface area contributed by atoms with Crippen LogP contribution in [0.15, 0.2) is 66.7 Å². The molecule has 1 saturated heterocycles. The molecule has 2 aliphatic rings. The van der Waals surface area contributed by atoms with Gasteiger partial charge in [-0.15, -0.1) is 0 Å². The number of nitrogens with one attached hydrogen (secondary N) is 1. The maximum atomic E-state index is 12.9. The van der Waals surface area contributed by atoms with Gasteiger partial charge in [-0.1, -0.05) is 55.5 Å². The van der Waals surface area contributed by atoms with Gasteiger partial charge in [0.1, 0.15) is 0 Å². The molecule has 2 aromatic carbocycles. The molecule has 3 amide bonds. The summed E-state index contributed by atoms with van der Waals surface area (Å²) in [5, 5.41) is 2.91. The van der Waals surface area contributed by atoms with Crippen molar-refractivity contribution in [3.8, 4) is 0 Å². The highest BCUT2D eigenvalue weighted by Crippen LogP contribution is 2.40. The summed E-state index contributed by atoms with van der Waals surface area (Å²) < 4.78 is 0. The first-order valence-corrected chi connectivity index (χ1v) is 10.0. The number of rotatable bonds is 5. The standard InChI is InChI=1S/C24H24N2O3/c1-16-7-5-12-20-21(16)24(29)26(23(20)28)19-11-6-10-18(15-19)22(27)25-14-13-17-8-3-2-4-9-17/h2-11,15-16,20-21H,12-14H2,1H3,(H,25,27)/t16-,20-,21+/m1/s1. The topological polar surface area (TPSA) is 66.5 Å². The first kappa shape index (κ1) is 19.1. The summed E-state index contributed by atoms with van der Waals surface area (Å²) in [5.74, 6) is -1.12. The summed E-state index contributed by atoms with van der Waals surface area (Å²) in [6.07, 6.45) is 5.32. The minimum Gasteiger partial charge on any atom is -0.352 e. The van der Waals surface area contributed by atoms with E-state index in [-0.39, 0.29) is 35.5 Å². The zero-order valence-corrected chi connectivity index (χ0v) is 16.4. The summed E-state index contributed by atoms with van der Waals surface area (Å²) >= 11 is 0. The van der Waals surface area contributed by atoms with Crippen molar-refractivity contribution in [3.05, 3.63) is 77.9 Å². The molecule has 1 fully saturated rings. The maximum Gasteiger partial charge on any atom is 0.251 e. The molecular weight excluding hydrogens is 364 g/mol. The second-order valence-electron chi connectivity index (χ2n) is 7.71. The van der Waals surface area contributed by atoms with Gasteiger partial charge in [-0.2, -0.15) is 0 Å². The zero-order valence-electron chi connectivity index (χ0n) is 16.4. The van der Waals surface area contributed by atoms with Gasteiger partial charge < -0.3 is 5.32 Å². The summed E-state index contributed by atoms with van der Waals surface area (Å²) in [7, 11) is 0. The third kappa shape index (κ3) is 3.73. The molecule has 1 heterocycles. The number of hydrogen-bond donors (Lipinski definition) is 1. The van der Waals surface area contributed by atoms with E-state index in [4.69, 9.17) is 0 Å². The second kappa shape index (κ2) is 8.03. The Bertz CT molecular complexity index is 967. The van der Waals surface area contributed by atoms with Crippen LogP contribution in [0.1, 0.15) is 29.3 Å². The van der Waals surface area contributed by atoms with E-state index in [9.17, 15) is 14.4 Å². The molecule has 2 aromatic rings. The van der Waals surface area contributed by atoms with Gasteiger partial charge in [0.05, 0.1) is 17.5 Å². The summed E-state index contributed by atoms with van der Waals surface area (Å²) in [6.45, 7) is 2.49.